The fraction of sp³-hybridized carbons (Fsp3) is 0.455. The summed E-state index contributed by atoms with van der Waals surface area (Å²) in [5, 5.41) is 0. The van der Waals surface area contributed by atoms with Crippen molar-refractivity contribution >= 4 is 0 Å². The zero-order valence-corrected chi connectivity index (χ0v) is 9.36. The second kappa shape index (κ2) is 5.99. The minimum absolute atomic E-state index is 0.0395. The molecule has 0 aromatic heterocycles. The van der Waals surface area contributed by atoms with Crippen molar-refractivity contribution in [2.45, 2.75) is 25.6 Å². The van der Waals surface area contributed by atoms with E-state index in [1.54, 1.807) is 0 Å². The Morgan fingerprint density at radius 3 is 2.11 bits per heavy atom. The molecule has 102 valence electrons. The van der Waals surface area contributed by atoms with E-state index in [-0.39, 0.29) is 18.5 Å². The Hall–Kier alpha value is -1.37. The second-order valence-electron chi connectivity index (χ2n) is 3.66. The van der Waals surface area contributed by atoms with Crippen LogP contribution in [0.4, 0.5) is 22.0 Å². The van der Waals surface area contributed by atoms with E-state index in [0.717, 1.165) is 12.1 Å². The van der Waals surface area contributed by atoms with Crippen LogP contribution in [-0.2, 0) is 6.54 Å². The van der Waals surface area contributed by atoms with Gasteiger partial charge in [0.25, 0.3) is 0 Å². The molecule has 0 atom stereocenters. The molecule has 0 amide bonds. The van der Waals surface area contributed by atoms with Crippen LogP contribution in [0.3, 0.4) is 0 Å². The maximum absolute atomic E-state index is 13.3. The minimum atomic E-state index is -4.30. The highest BCUT2D eigenvalue weighted by atomic mass is 19.4. The monoisotopic (exact) mass is 269 g/mol. The van der Waals surface area contributed by atoms with Crippen molar-refractivity contribution in [1.29, 1.82) is 0 Å². The summed E-state index contributed by atoms with van der Waals surface area (Å²) in [5.74, 6) is -2.61. The molecule has 0 heterocycles. The van der Waals surface area contributed by atoms with E-state index < -0.39 is 36.6 Å². The molecule has 18 heavy (non-hydrogen) atoms. The van der Waals surface area contributed by atoms with Gasteiger partial charge in [0, 0.05) is 13.0 Å². The van der Waals surface area contributed by atoms with E-state index in [9.17, 15) is 22.0 Å². The predicted molar refractivity (Wildman–Crippen MR) is 55.0 cm³/mol. The molecule has 0 aliphatic carbocycles. The number of alkyl halides is 3. The van der Waals surface area contributed by atoms with E-state index in [2.05, 4.69) is 4.74 Å². The molecule has 0 aliphatic heterocycles. The third kappa shape index (κ3) is 4.48. The van der Waals surface area contributed by atoms with Gasteiger partial charge in [-0.2, -0.15) is 13.2 Å². The zero-order valence-electron chi connectivity index (χ0n) is 9.36. The standard InChI is InChI=1S/C11H12F5NO/c12-8-4-7(6-17)5-9(13)10(8)18-3-1-2-11(14,15)16/h4-5H,1-3,6,17H2. The first-order chi connectivity index (χ1) is 8.33. The number of ether oxygens (including phenoxy) is 1. The lowest BCUT2D eigenvalue weighted by atomic mass is 10.2. The molecule has 1 rings (SSSR count). The highest BCUT2D eigenvalue weighted by Crippen LogP contribution is 2.25. The van der Waals surface area contributed by atoms with Crippen LogP contribution < -0.4 is 10.5 Å². The third-order valence-corrected chi connectivity index (χ3v) is 2.14. The first kappa shape index (κ1) is 14.7. The topological polar surface area (TPSA) is 35.2 Å². The first-order valence-corrected chi connectivity index (χ1v) is 5.21. The van der Waals surface area contributed by atoms with E-state index in [1.807, 2.05) is 0 Å². The molecule has 0 unspecified atom stereocenters. The molecule has 1 aromatic rings. The van der Waals surface area contributed by atoms with Gasteiger partial charge in [-0.1, -0.05) is 0 Å². The lowest BCUT2D eigenvalue weighted by Gasteiger charge is -2.10. The van der Waals surface area contributed by atoms with Crippen LogP contribution in [-0.4, -0.2) is 12.8 Å². The smallest absolute Gasteiger partial charge is 0.389 e. The van der Waals surface area contributed by atoms with Crippen LogP contribution in [0, 0.1) is 11.6 Å². The highest BCUT2D eigenvalue weighted by molar-refractivity contribution is 5.31. The molecule has 0 aliphatic rings. The average Bonchev–Trinajstić information content (AvgIpc) is 2.25. The lowest BCUT2D eigenvalue weighted by Crippen LogP contribution is -2.10. The first-order valence-electron chi connectivity index (χ1n) is 5.21. The molecule has 7 heteroatoms. The van der Waals surface area contributed by atoms with Gasteiger partial charge < -0.3 is 10.5 Å². The second-order valence-corrected chi connectivity index (χ2v) is 3.66. The summed E-state index contributed by atoms with van der Waals surface area (Å²) in [6, 6.07) is 1.98. The van der Waals surface area contributed by atoms with Gasteiger partial charge in [-0.3, -0.25) is 0 Å². The van der Waals surface area contributed by atoms with Crippen LogP contribution in [0.2, 0.25) is 0 Å². The van der Waals surface area contributed by atoms with E-state index in [0.29, 0.717) is 0 Å². The van der Waals surface area contributed by atoms with Crippen molar-refractivity contribution in [3.05, 3.63) is 29.3 Å². The Bertz CT molecular complexity index is 382. The van der Waals surface area contributed by atoms with Crippen molar-refractivity contribution < 1.29 is 26.7 Å². The summed E-state index contributed by atoms with van der Waals surface area (Å²) in [4.78, 5) is 0. The summed E-state index contributed by atoms with van der Waals surface area (Å²) in [6.45, 7) is -0.447. The molecular weight excluding hydrogens is 257 g/mol. The molecule has 0 saturated heterocycles. The molecule has 0 radical (unpaired) electrons. The Labute approximate surface area is 101 Å². The number of nitrogens with two attached hydrogens (primary N) is 1. The van der Waals surface area contributed by atoms with Gasteiger partial charge in [-0.05, 0) is 24.1 Å². The molecule has 0 spiro atoms. The van der Waals surface area contributed by atoms with Crippen molar-refractivity contribution in [3.8, 4) is 5.75 Å². The summed E-state index contributed by atoms with van der Waals surface area (Å²) in [5.41, 5.74) is 5.45. The fourth-order valence-electron chi connectivity index (χ4n) is 1.31. The Balaban J connectivity index is 2.57. The quantitative estimate of drug-likeness (QED) is 0.658. The molecule has 1 aromatic carbocycles. The van der Waals surface area contributed by atoms with Crippen LogP contribution >= 0.6 is 0 Å². The average molecular weight is 269 g/mol. The maximum atomic E-state index is 13.3. The van der Waals surface area contributed by atoms with Crippen LogP contribution in [0.25, 0.3) is 0 Å². The van der Waals surface area contributed by atoms with Gasteiger partial charge in [0.2, 0.25) is 0 Å². The van der Waals surface area contributed by atoms with Gasteiger partial charge in [0.05, 0.1) is 6.61 Å². The van der Waals surface area contributed by atoms with Crippen LogP contribution in [0.15, 0.2) is 12.1 Å². The summed E-state index contributed by atoms with van der Waals surface area (Å²) < 4.78 is 66.8. The van der Waals surface area contributed by atoms with Gasteiger partial charge >= 0.3 is 6.18 Å². The number of hydrogen-bond acceptors (Lipinski definition) is 2. The van der Waals surface area contributed by atoms with Crippen molar-refractivity contribution in [3.63, 3.8) is 0 Å². The number of rotatable bonds is 5. The largest absolute Gasteiger partial charge is 0.488 e. The molecule has 2 N–H and O–H groups in total. The van der Waals surface area contributed by atoms with Gasteiger partial charge in [-0.25, -0.2) is 8.78 Å². The fourth-order valence-corrected chi connectivity index (χ4v) is 1.31. The van der Waals surface area contributed by atoms with Crippen LogP contribution in [0.5, 0.6) is 5.75 Å². The molecule has 0 saturated carbocycles. The normalized spacial score (nSPS) is 11.7. The van der Waals surface area contributed by atoms with E-state index >= 15 is 0 Å². The zero-order chi connectivity index (χ0) is 13.8. The summed E-state index contributed by atoms with van der Waals surface area (Å²) >= 11 is 0. The molecule has 0 fully saturated rings. The third-order valence-electron chi connectivity index (χ3n) is 2.14. The van der Waals surface area contributed by atoms with Gasteiger partial charge in [0.15, 0.2) is 17.4 Å². The van der Waals surface area contributed by atoms with E-state index in [1.165, 1.54) is 0 Å². The SMILES string of the molecule is NCc1cc(F)c(OCCCC(F)(F)F)c(F)c1. The maximum Gasteiger partial charge on any atom is 0.389 e. The van der Waals surface area contributed by atoms with Crippen molar-refractivity contribution in [1.82, 2.24) is 0 Å². The van der Waals surface area contributed by atoms with Gasteiger partial charge in [-0.15, -0.1) is 0 Å². The summed E-state index contributed by atoms with van der Waals surface area (Å²) in [6.07, 6.45) is -5.72. The Morgan fingerprint density at radius 1 is 1.11 bits per heavy atom. The van der Waals surface area contributed by atoms with Crippen LogP contribution in [0.1, 0.15) is 18.4 Å². The predicted octanol–water partition coefficient (Wildman–Crippen LogP) is 3.14. The number of hydrogen-bond donors (Lipinski definition) is 1. The van der Waals surface area contributed by atoms with Crippen molar-refractivity contribution in [2.75, 3.05) is 6.61 Å². The van der Waals surface area contributed by atoms with Gasteiger partial charge in [0.1, 0.15) is 0 Å². The Kier molecular flexibility index (Phi) is 4.89. The number of benzene rings is 1. The molecular formula is C11H12F5NO. The summed E-state index contributed by atoms with van der Waals surface area (Å²) in [7, 11) is 0. The van der Waals surface area contributed by atoms with E-state index in [4.69, 9.17) is 5.73 Å². The minimum Gasteiger partial charge on any atom is -0.488 e. The Morgan fingerprint density at radius 2 is 1.67 bits per heavy atom. The lowest BCUT2D eigenvalue weighted by molar-refractivity contribution is -0.136. The number of halogens is 5. The highest BCUT2D eigenvalue weighted by Gasteiger charge is 2.26. The molecule has 2 nitrogen and oxygen atoms in total. The van der Waals surface area contributed by atoms with Crippen molar-refractivity contribution in [2.24, 2.45) is 5.73 Å². The molecule has 0 bridgehead atoms.